The van der Waals surface area contributed by atoms with E-state index in [1.807, 2.05) is 0 Å². The summed E-state index contributed by atoms with van der Waals surface area (Å²) in [5.74, 6) is 1.03. The standard InChI is InChI=1S/C10H13NO3/c1-6(7-2-3-7)4-8-5-9(10(12)13)11-14-8/h5-7H,2-4H2,1H3,(H,12,13). The molecule has 0 spiro atoms. The smallest absolute Gasteiger partial charge is 0.358 e. The average Bonchev–Trinajstić information content (AvgIpc) is 2.87. The van der Waals surface area contributed by atoms with Crippen LogP contribution >= 0.6 is 0 Å². The van der Waals surface area contributed by atoms with Crippen molar-refractivity contribution in [1.29, 1.82) is 0 Å². The Hall–Kier alpha value is -1.32. The van der Waals surface area contributed by atoms with Crippen molar-refractivity contribution in [3.05, 3.63) is 17.5 Å². The van der Waals surface area contributed by atoms with E-state index >= 15 is 0 Å². The van der Waals surface area contributed by atoms with Gasteiger partial charge >= 0.3 is 5.97 Å². The third-order valence-electron chi connectivity index (χ3n) is 2.73. The molecule has 4 heteroatoms. The van der Waals surface area contributed by atoms with Crippen molar-refractivity contribution in [2.75, 3.05) is 0 Å². The zero-order chi connectivity index (χ0) is 10.1. The molecule has 1 heterocycles. The van der Waals surface area contributed by atoms with Crippen molar-refractivity contribution < 1.29 is 14.4 Å². The highest BCUT2D eigenvalue weighted by Gasteiger charge is 2.28. The predicted molar refractivity (Wildman–Crippen MR) is 49.1 cm³/mol. The fraction of sp³-hybridized carbons (Fsp3) is 0.600. The van der Waals surface area contributed by atoms with E-state index in [1.54, 1.807) is 0 Å². The second kappa shape index (κ2) is 3.44. The van der Waals surface area contributed by atoms with E-state index in [1.165, 1.54) is 18.9 Å². The number of nitrogens with zero attached hydrogens (tertiary/aromatic N) is 1. The maximum atomic E-state index is 10.5. The van der Waals surface area contributed by atoms with Crippen LogP contribution in [0.15, 0.2) is 10.6 Å². The number of hydrogen-bond acceptors (Lipinski definition) is 3. The molecule has 14 heavy (non-hydrogen) atoms. The van der Waals surface area contributed by atoms with Crippen molar-refractivity contribution >= 4 is 5.97 Å². The van der Waals surface area contributed by atoms with Gasteiger partial charge in [0.25, 0.3) is 0 Å². The lowest BCUT2D eigenvalue weighted by atomic mass is 10.0. The van der Waals surface area contributed by atoms with Crippen LogP contribution < -0.4 is 0 Å². The zero-order valence-electron chi connectivity index (χ0n) is 8.06. The summed E-state index contributed by atoms with van der Waals surface area (Å²) in [4.78, 5) is 10.5. The molecule has 1 atom stereocenters. The van der Waals surface area contributed by atoms with E-state index in [0.29, 0.717) is 11.7 Å². The summed E-state index contributed by atoms with van der Waals surface area (Å²) >= 11 is 0. The van der Waals surface area contributed by atoms with Crippen LogP contribution in [0.25, 0.3) is 0 Å². The van der Waals surface area contributed by atoms with Gasteiger partial charge in [-0.05, 0) is 24.7 Å². The van der Waals surface area contributed by atoms with Crippen LogP contribution in [0.3, 0.4) is 0 Å². The largest absolute Gasteiger partial charge is 0.476 e. The summed E-state index contributed by atoms with van der Waals surface area (Å²) in [6.07, 6.45) is 3.38. The number of aromatic carboxylic acids is 1. The van der Waals surface area contributed by atoms with Crippen molar-refractivity contribution in [3.63, 3.8) is 0 Å². The van der Waals surface area contributed by atoms with Crippen molar-refractivity contribution in [1.82, 2.24) is 5.16 Å². The molecule has 1 aromatic rings. The monoisotopic (exact) mass is 195 g/mol. The highest BCUT2D eigenvalue weighted by atomic mass is 16.5. The summed E-state index contributed by atoms with van der Waals surface area (Å²) in [5, 5.41) is 12.1. The zero-order valence-corrected chi connectivity index (χ0v) is 8.06. The van der Waals surface area contributed by atoms with Gasteiger partial charge in [-0.2, -0.15) is 0 Å². The van der Waals surface area contributed by atoms with Crippen LogP contribution in [0.2, 0.25) is 0 Å². The highest BCUT2D eigenvalue weighted by Crippen LogP contribution is 2.38. The molecule has 1 aliphatic carbocycles. The maximum Gasteiger partial charge on any atom is 0.358 e. The van der Waals surface area contributed by atoms with Gasteiger partial charge in [-0.25, -0.2) is 4.79 Å². The van der Waals surface area contributed by atoms with Crippen LogP contribution in [0, 0.1) is 11.8 Å². The van der Waals surface area contributed by atoms with Gasteiger partial charge in [-0.1, -0.05) is 12.1 Å². The van der Waals surface area contributed by atoms with Gasteiger partial charge in [0, 0.05) is 12.5 Å². The molecule has 1 N–H and O–H groups in total. The van der Waals surface area contributed by atoms with E-state index in [-0.39, 0.29) is 5.69 Å². The summed E-state index contributed by atoms with van der Waals surface area (Å²) < 4.78 is 4.94. The first-order valence-electron chi connectivity index (χ1n) is 4.85. The molecule has 0 saturated heterocycles. The molecular formula is C10H13NO3. The first-order chi connectivity index (χ1) is 6.66. The lowest BCUT2D eigenvalue weighted by Crippen LogP contribution is -2.00. The Morgan fingerprint density at radius 1 is 1.79 bits per heavy atom. The third-order valence-corrected chi connectivity index (χ3v) is 2.73. The van der Waals surface area contributed by atoms with E-state index < -0.39 is 5.97 Å². The van der Waals surface area contributed by atoms with Gasteiger partial charge in [0.1, 0.15) is 5.76 Å². The highest BCUT2D eigenvalue weighted by molar-refractivity contribution is 5.85. The van der Waals surface area contributed by atoms with Crippen molar-refractivity contribution in [2.24, 2.45) is 11.8 Å². The van der Waals surface area contributed by atoms with Gasteiger partial charge < -0.3 is 9.63 Å². The molecule has 0 amide bonds. The van der Waals surface area contributed by atoms with E-state index in [2.05, 4.69) is 12.1 Å². The predicted octanol–water partition coefficient (Wildman–Crippen LogP) is 1.96. The summed E-state index contributed by atoms with van der Waals surface area (Å²) in [5.41, 5.74) is 0.00277. The molecule has 0 radical (unpaired) electrons. The van der Waals surface area contributed by atoms with Crippen LogP contribution in [-0.4, -0.2) is 16.2 Å². The minimum atomic E-state index is -1.03. The number of aromatic nitrogens is 1. The molecule has 0 aromatic carbocycles. The first kappa shape index (κ1) is 9.24. The SMILES string of the molecule is CC(Cc1cc(C(=O)O)no1)C1CC1. The van der Waals surface area contributed by atoms with Crippen LogP contribution in [0.5, 0.6) is 0 Å². The minimum absolute atomic E-state index is 0.00277. The Morgan fingerprint density at radius 3 is 3.00 bits per heavy atom. The Bertz CT molecular complexity index is 341. The fourth-order valence-corrected chi connectivity index (χ4v) is 1.66. The molecule has 1 unspecified atom stereocenters. The van der Waals surface area contributed by atoms with Gasteiger partial charge in [0.05, 0.1) is 0 Å². The van der Waals surface area contributed by atoms with Crippen molar-refractivity contribution in [3.8, 4) is 0 Å². The van der Waals surface area contributed by atoms with E-state index in [0.717, 1.165) is 12.3 Å². The first-order valence-corrected chi connectivity index (χ1v) is 4.85. The molecule has 76 valence electrons. The minimum Gasteiger partial charge on any atom is -0.476 e. The van der Waals surface area contributed by atoms with Gasteiger partial charge in [-0.3, -0.25) is 0 Å². The van der Waals surface area contributed by atoms with E-state index in [9.17, 15) is 4.79 Å². The number of carbonyl (C=O) groups is 1. The Balaban J connectivity index is 1.98. The molecule has 4 nitrogen and oxygen atoms in total. The number of hydrogen-bond donors (Lipinski definition) is 1. The summed E-state index contributed by atoms with van der Waals surface area (Å²) in [7, 11) is 0. The summed E-state index contributed by atoms with van der Waals surface area (Å²) in [6.45, 7) is 2.17. The molecule has 0 aliphatic heterocycles. The maximum absolute atomic E-state index is 10.5. The van der Waals surface area contributed by atoms with Gasteiger partial charge in [-0.15, -0.1) is 0 Å². The fourth-order valence-electron chi connectivity index (χ4n) is 1.66. The molecule has 1 aromatic heterocycles. The van der Waals surface area contributed by atoms with Gasteiger partial charge in [0.15, 0.2) is 5.69 Å². The second-order valence-electron chi connectivity index (χ2n) is 4.00. The lowest BCUT2D eigenvalue weighted by molar-refractivity contribution is 0.0685. The second-order valence-corrected chi connectivity index (χ2v) is 4.00. The lowest BCUT2D eigenvalue weighted by Gasteiger charge is -2.04. The number of rotatable bonds is 4. The number of carboxylic acid groups (broad SMARTS) is 1. The molecule has 1 aliphatic rings. The third kappa shape index (κ3) is 1.95. The van der Waals surface area contributed by atoms with Crippen LogP contribution in [0.4, 0.5) is 0 Å². The number of carboxylic acids is 1. The molecule has 2 rings (SSSR count). The topological polar surface area (TPSA) is 63.3 Å². The van der Waals surface area contributed by atoms with Crippen LogP contribution in [0.1, 0.15) is 36.0 Å². The Kier molecular flexibility index (Phi) is 2.27. The van der Waals surface area contributed by atoms with Crippen molar-refractivity contribution in [2.45, 2.75) is 26.2 Å². The molecule has 0 bridgehead atoms. The molecular weight excluding hydrogens is 182 g/mol. The molecule has 1 saturated carbocycles. The molecule has 1 fully saturated rings. The quantitative estimate of drug-likeness (QED) is 0.797. The summed E-state index contributed by atoms with van der Waals surface area (Å²) in [6, 6.07) is 1.52. The normalized spacial score (nSPS) is 18.1. The van der Waals surface area contributed by atoms with E-state index in [4.69, 9.17) is 9.63 Å². The van der Waals surface area contributed by atoms with Gasteiger partial charge in [0.2, 0.25) is 0 Å². The van der Waals surface area contributed by atoms with Crippen LogP contribution in [-0.2, 0) is 6.42 Å². The Morgan fingerprint density at radius 2 is 2.50 bits per heavy atom. The average molecular weight is 195 g/mol. The Labute approximate surface area is 81.9 Å².